The van der Waals surface area contributed by atoms with E-state index in [9.17, 15) is 9.59 Å². The molecule has 5 heteroatoms. The van der Waals surface area contributed by atoms with Crippen molar-refractivity contribution in [3.63, 3.8) is 0 Å². The van der Waals surface area contributed by atoms with Crippen LogP contribution in [0.5, 0.6) is 0 Å². The van der Waals surface area contributed by atoms with Gasteiger partial charge in [0.05, 0.1) is 5.56 Å². The van der Waals surface area contributed by atoms with Gasteiger partial charge < -0.3 is 14.4 Å². The average Bonchev–Trinajstić information content (AvgIpc) is 3.33. The molecule has 3 rings (SSSR count). The van der Waals surface area contributed by atoms with Crippen LogP contribution in [0, 0.1) is 19.8 Å². The van der Waals surface area contributed by atoms with E-state index in [1.165, 1.54) is 0 Å². The maximum Gasteiger partial charge on any atom is 0.255 e. The van der Waals surface area contributed by atoms with Crippen LogP contribution >= 0.6 is 0 Å². The van der Waals surface area contributed by atoms with Gasteiger partial charge in [-0.05, 0) is 39.2 Å². The molecule has 0 spiro atoms. The molecule has 2 amide bonds. The molecule has 0 N–H and O–H groups in total. The summed E-state index contributed by atoms with van der Waals surface area (Å²) in [6.45, 7) is 6.84. The molecule has 2 fully saturated rings. The summed E-state index contributed by atoms with van der Waals surface area (Å²) in [7, 11) is 1.99. The minimum absolute atomic E-state index is 0.0990. The number of carbonyl (C=O) groups is 2. The highest BCUT2D eigenvalue weighted by atomic mass is 16.2. The Morgan fingerprint density at radius 3 is 2.27 bits per heavy atom. The van der Waals surface area contributed by atoms with Crippen molar-refractivity contribution < 1.29 is 9.59 Å². The van der Waals surface area contributed by atoms with Crippen molar-refractivity contribution in [2.75, 3.05) is 26.2 Å². The quantitative estimate of drug-likeness (QED) is 0.835. The Morgan fingerprint density at radius 1 is 1.05 bits per heavy atom. The molecule has 1 aromatic rings. The summed E-state index contributed by atoms with van der Waals surface area (Å²) < 4.78 is 2.05. The maximum absolute atomic E-state index is 12.8. The highest BCUT2D eigenvalue weighted by Gasteiger charge is 2.34. The molecule has 1 aromatic heterocycles. The Kier molecular flexibility index (Phi) is 3.98. The van der Waals surface area contributed by atoms with Crippen molar-refractivity contribution in [1.29, 1.82) is 0 Å². The van der Waals surface area contributed by atoms with E-state index >= 15 is 0 Å². The first-order chi connectivity index (χ1) is 10.5. The molecule has 1 saturated carbocycles. The predicted octanol–water partition coefficient (Wildman–Crippen LogP) is 1.73. The van der Waals surface area contributed by atoms with Crippen molar-refractivity contribution in [2.45, 2.75) is 33.1 Å². The first kappa shape index (κ1) is 15.1. The normalized spacial score (nSPS) is 19.2. The molecule has 0 radical (unpaired) electrons. The van der Waals surface area contributed by atoms with Crippen molar-refractivity contribution in [3.05, 3.63) is 23.0 Å². The Bertz CT molecular complexity index is 601. The first-order valence-corrected chi connectivity index (χ1v) is 8.20. The molecule has 120 valence electrons. The fourth-order valence-corrected chi connectivity index (χ4v) is 3.17. The van der Waals surface area contributed by atoms with Gasteiger partial charge in [-0.15, -0.1) is 0 Å². The molecule has 0 bridgehead atoms. The summed E-state index contributed by atoms with van der Waals surface area (Å²) in [6, 6.07) is 1.97. The standard InChI is InChI=1S/C17H25N3O2/c1-12-11-15(13(2)18(12)3)17(22)20-8-4-7-19(9-10-20)16(21)14-5-6-14/h11,14H,4-10H2,1-3H3. The third kappa shape index (κ3) is 2.76. The maximum atomic E-state index is 12.8. The second-order valence-corrected chi connectivity index (χ2v) is 6.59. The summed E-state index contributed by atoms with van der Waals surface area (Å²) in [5.41, 5.74) is 2.90. The lowest BCUT2D eigenvalue weighted by Crippen LogP contribution is -2.38. The molecular weight excluding hydrogens is 278 g/mol. The fraction of sp³-hybridized carbons (Fsp3) is 0.647. The van der Waals surface area contributed by atoms with Crippen molar-refractivity contribution in [2.24, 2.45) is 13.0 Å². The first-order valence-electron chi connectivity index (χ1n) is 8.20. The lowest BCUT2D eigenvalue weighted by Gasteiger charge is -2.22. The van der Waals surface area contributed by atoms with Gasteiger partial charge in [-0.3, -0.25) is 9.59 Å². The van der Waals surface area contributed by atoms with Crippen LogP contribution in [0.2, 0.25) is 0 Å². The third-order valence-corrected chi connectivity index (χ3v) is 5.03. The van der Waals surface area contributed by atoms with E-state index in [-0.39, 0.29) is 11.8 Å². The third-order valence-electron chi connectivity index (χ3n) is 5.03. The van der Waals surface area contributed by atoms with Gasteiger partial charge in [0.25, 0.3) is 5.91 Å². The van der Waals surface area contributed by atoms with Crippen LogP contribution in [0.3, 0.4) is 0 Å². The second-order valence-electron chi connectivity index (χ2n) is 6.59. The molecular formula is C17H25N3O2. The molecule has 1 aliphatic heterocycles. The zero-order chi connectivity index (χ0) is 15.9. The monoisotopic (exact) mass is 303 g/mol. The summed E-state index contributed by atoms with van der Waals surface area (Å²) in [6.07, 6.45) is 2.95. The molecule has 1 saturated heterocycles. The summed E-state index contributed by atoms with van der Waals surface area (Å²) >= 11 is 0. The molecule has 0 atom stereocenters. The number of rotatable bonds is 2. The number of hydrogen-bond donors (Lipinski definition) is 0. The Hall–Kier alpha value is -1.78. The molecule has 0 aromatic carbocycles. The second kappa shape index (κ2) is 5.78. The Labute approximate surface area is 131 Å². The van der Waals surface area contributed by atoms with Crippen LogP contribution < -0.4 is 0 Å². The highest BCUT2D eigenvalue weighted by molar-refractivity contribution is 5.95. The number of carbonyl (C=O) groups excluding carboxylic acids is 2. The van der Waals surface area contributed by atoms with Gasteiger partial charge in [0, 0.05) is 50.5 Å². The molecule has 22 heavy (non-hydrogen) atoms. The minimum atomic E-state index is 0.0990. The van der Waals surface area contributed by atoms with Crippen LogP contribution in [-0.4, -0.2) is 52.4 Å². The van der Waals surface area contributed by atoms with E-state index in [1.54, 1.807) is 0 Å². The topological polar surface area (TPSA) is 45.6 Å². The van der Waals surface area contributed by atoms with E-state index in [1.807, 2.05) is 41.3 Å². The van der Waals surface area contributed by atoms with Crippen LogP contribution in [0.25, 0.3) is 0 Å². The number of aromatic nitrogens is 1. The Morgan fingerprint density at radius 2 is 1.68 bits per heavy atom. The van der Waals surface area contributed by atoms with E-state index in [0.29, 0.717) is 19.0 Å². The number of aryl methyl sites for hydroxylation is 1. The van der Waals surface area contributed by atoms with Gasteiger partial charge in [0.2, 0.25) is 5.91 Å². The van der Waals surface area contributed by atoms with Gasteiger partial charge in [0.15, 0.2) is 0 Å². The zero-order valence-corrected chi connectivity index (χ0v) is 13.8. The lowest BCUT2D eigenvalue weighted by molar-refractivity contribution is -0.132. The van der Waals surface area contributed by atoms with Crippen LogP contribution in [0.4, 0.5) is 0 Å². The average molecular weight is 303 g/mol. The summed E-state index contributed by atoms with van der Waals surface area (Å²) in [5, 5.41) is 0. The molecule has 2 heterocycles. The summed E-state index contributed by atoms with van der Waals surface area (Å²) in [5.74, 6) is 0.657. The molecule has 1 aliphatic carbocycles. The largest absolute Gasteiger partial charge is 0.351 e. The molecule has 0 unspecified atom stereocenters. The molecule has 2 aliphatic rings. The van der Waals surface area contributed by atoms with Crippen LogP contribution in [0.1, 0.15) is 41.0 Å². The van der Waals surface area contributed by atoms with Crippen LogP contribution in [-0.2, 0) is 11.8 Å². The number of amides is 2. The Balaban J connectivity index is 1.68. The van der Waals surface area contributed by atoms with Crippen molar-refractivity contribution >= 4 is 11.8 Å². The smallest absolute Gasteiger partial charge is 0.255 e. The van der Waals surface area contributed by atoms with E-state index in [4.69, 9.17) is 0 Å². The van der Waals surface area contributed by atoms with Crippen molar-refractivity contribution in [1.82, 2.24) is 14.4 Å². The van der Waals surface area contributed by atoms with Gasteiger partial charge >= 0.3 is 0 Å². The zero-order valence-electron chi connectivity index (χ0n) is 13.8. The lowest BCUT2D eigenvalue weighted by atomic mass is 10.2. The van der Waals surface area contributed by atoms with Crippen LogP contribution in [0.15, 0.2) is 6.07 Å². The number of nitrogens with zero attached hydrogens (tertiary/aromatic N) is 3. The van der Waals surface area contributed by atoms with E-state index < -0.39 is 0 Å². The number of hydrogen-bond acceptors (Lipinski definition) is 2. The predicted molar refractivity (Wildman–Crippen MR) is 84.7 cm³/mol. The van der Waals surface area contributed by atoms with Crippen molar-refractivity contribution in [3.8, 4) is 0 Å². The van der Waals surface area contributed by atoms with Gasteiger partial charge in [-0.25, -0.2) is 0 Å². The highest BCUT2D eigenvalue weighted by Crippen LogP contribution is 2.31. The fourth-order valence-electron chi connectivity index (χ4n) is 3.17. The molecule has 5 nitrogen and oxygen atoms in total. The summed E-state index contributed by atoms with van der Waals surface area (Å²) in [4.78, 5) is 28.8. The van der Waals surface area contributed by atoms with Gasteiger partial charge in [0.1, 0.15) is 0 Å². The van der Waals surface area contributed by atoms with Gasteiger partial charge in [-0.2, -0.15) is 0 Å². The SMILES string of the molecule is Cc1cc(C(=O)N2CCCN(C(=O)C3CC3)CC2)c(C)n1C. The minimum Gasteiger partial charge on any atom is -0.351 e. The van der Waals surface area contributed by atoms with Gasteiger partial charge in [-0.1, -0.05) is 0 Å². The van der Waals surface area contributed by atoms with E-state index in [2.05, 4.69) is 0 Å². The van der Waals surface area contributed by atoms with E-state index in [0.717, 1.165) is 49.3 Å².